The maximum Gasteiger partial charge on any atom is 0.325 e. The molecule has 1 aromatic rings. The van der Waals surface area contributed by atoms with Gasteiger partial charge in [0.1, 0.15) is 12.1 Å². The summed E-state index contributed by atoms with van der Waals surface area (Å²) in [5.41, 5.74) is 0.406. The van der Waals surface area contributed by atoms with Crippen LogP contribution in [0.15, 0.2) is 28.7 Å². The minimum Gasteiger partial charge on any atom is -0.352 e. The number of rotatable bonds is 7. The van der Waals surface area contributed by atoms with Gasteiger partial charge in [0, 0.05) is 10.5 Å². The van der Waals surface area contributed by atoms with Gasteiger partial charge in [-0.2, -0.15) is 0 Å². The lowest BCUT2D eigenvalue weighted by Crippen LogP contribution is -2.50. The van der Waals surface area contributed by atoms with E-state index in [2.05, 4.69) is 45.6 Å². The van der Waals surface area contributed by atoms with Crippen LogP contribution in [0.2, 0.25) is 0 Å². The van der Waals surface area contributed by atoms with E-state index in [1.807, 2.05) is 19.1 Å². The molecule has 1 unspecified atom stereocenters. The number of aryl methyl sites for hydroxylation is 1. The van der Waals surface area contributed by atoms with Crippen molar-refractivity contribution in [2.24, 2.45) is 5.92 Å². The van der Waals surface area contributed by atoms with Crippen LogP contribution < -0.4 is 10.6 Å². The normalized spacial score (nSPS) is 25.2. The molecule has 1 saturated heterocycles. The standard InChI is InChI=1S/C22H30BrN3O3/c1-3-16-10-12-22(13-11-16)20(28)26(21(29)25-22)14-19(27)24-15(2)4-5-17-6-8-18(23)9-7-17/h6-9,15-16H,3-5,10-14H2,1-2H3,(H,24,27)(H,25,29). The largest absolute Gasteiger partial charge is 0.352 e. The predicted molar refractivity (Wildman–Crippen MR) is 115 cm³/mol. The molecule has 1 aliphatic heterocycles. The fourth-order valence-electron chi connectivity index (χ4n) is 4.31. The minimum absolute atomic E-state index is 0.0409. The number of imide groups is 1. The van der Waals surface area contributed by atoms with E-state index >= 15 is 0 Å². The molecular formula is C22H30BrN3O3. The molecule has 2 aliphatic rings. The molecule has 1 aromatic carbocycles. The summed E-state index contributed by atoms with van der Waals surface area (Å²) in [4.78, 5) is 38.8. The Morgan fingerprint density at radius 2 is 1.93 bits per heavy atom. The second-order valence-electron chi connectivity index (χ2n) is 8.39. The third-order valence-electron chi connectivity index (χ3n) is 6.27. The van der Waals surface area contributed by atoms with Gasteiger partial charge in [-0.1, -0.05) is 41.4 Å². The summed E-state index contributed by atoms with van der Waals surface area (Å²) < 4.78 is 1.04. The number of carbonyl (C=O) groups excluding carboxylic acids is 3. The van der Waals surface area contributed by atoms with Crippen LogP contribution in [0.3, 0.4) is 0 Å². The van der Waals surface area contributed by atoms with Gasteiger partial charge in [-0.15, -0.1) is 0 Å². The topological polar surface area (TPSA) is 78.5 Å². The molecule has 6 nitrogen and oxygen atoms in total. The fourth-order valence-corrected chi connectivity index (χ4v) is 4.57. The van der Waals surface area contributed by atoms with Crippen molar-refractivity contribution >= 4 is 33.8 Å². The number of urea groups is 1. The van der Waals surface area contributed by atoms with E-state index < -0.39 is 11.6 Å². The molecule has 1 spiro atoms. The van der Waals surface area contributed by atoms with Crippen molar-refractivity contribution in [3.05, 3.63) is 34.3 Å². The Labute approximate surface area is 180 Å². The van der Waals surface area contributed by atoms with Crippen LogP contribution in [0.5, 0.6) is 0 Å². The van der Waals surface area contributed by atoms with Crippen LogP contribution in [-0.2, 0) is 16.0 Å². The van der Waals surface area contributed by atoms with Gasteiger partial charge in [-0.3, -0.25) is 14.5 Å². The number of carbonyl (C=O) groups is 3. The van der Waals surface area contributed by atoms with Gasteiger partial charge in [0.25, 0.3) is 5.91 Å². The summed E-state index contributed by atoms with van der Waals surface area (Å²) in [5, 5.41) is 5.79. The molecule has 2 fully saturated rings. The van der Waals surface area contributed by atoms with E-state index in [4.69, 9.17) is 0 Å². The van der Waals surface area contributed by atoms with Crippen LogP contribution in [-0.4, -0.2) is 40.9 Å². The lowest BCUT2D eigenvalue weighted by Gasteiger charge is -2.34. The van der Waals surface area contributed by atoms with Crippen LogP contribution >= 0.6 is 15.9 Å². The Kier molecular flexibility index (Phi) is 6.98. The van der Waals surface area contributed by atoms with E-state index in [0.29, 0.717) is 18.8 Å². The molecule has 0 aromatic heterocycles. The first kappa shape index (κ1) is 21.8. The quantitative estimate of drug-likeness (QED) is 0.603. The van der Waals surface area contributed by atoms with Gasteiger partial charge >= 0.3 is 6.03 Å². The number of hydrogen-bond acceptors (Lipinski definition) is 3. The Morgan fingerprint density at radius 3 is 2.55 bits per heavy atom. The lowest BCUT2D eigenvalue weighted by atomic mass is 9.75. The van der Waals surface area contributed by atoms with E-state index in [0.717, 1.165) is 41.5 Å². The molecule has 2 N–H and O–H groups in total. The highest BCUT2D eigenvalue weighted by molar-refractivity contribution is 9.10. The maximum atomic E-state index is 12.9. The smallest absolute Gasteiger partial charge is 0.325 e. The molecule has 1 atom stereocenters. The highest BCUT2D eigenvalue weighted by atomic mass is 79.9. The summed E-state index contributed by atoms with van der Waals surface area (Å²) in [6.07, 6.45) is 5.94. The maximum absolute atomic E-state index is 12.9. The van der Waals surface area contributed by atoms with E-state index in [1.54, 1.807) is 0 Å². The summed E-state index contributed by atoms with van der Waals surface area (Å²) in [6, 6.07) is 7.63. The molecule has 1 heterocycles. The van der Waals surface area contributed by atoms with Gasteiger partial charge in [0.15, 0.2) is 0 Å². The van der Waals surface area contributed by atoms with Crippen molar-refractivity contribution in [3.8, 4) is 0 Å². The second-order valence-corrected chi connectivity index (χ2v) is 9.30. The van der Waals surface area contributed by atoms with E-state index in [9.17, 15) is 14.4 Å². The summed E-state index contributed by atoms with van der Waals surface area (Å²) in [5.74, 6) is 0.0834. The first-order valence-electron chi connectivity index (χ1n) is 10.5. The monoisotopic (exact) mass is 463 g/mol. The predicted octanol–water partition coefficient (Wildman–Crippen LogP) is 3.78. The molecule has 3 rings (SSSR count). The average Bonchev–Trinajstić information content (AvgIpc) is 2.92. The van der Waals surface area contributed by atoms with Crippen molar-refractivity contribution in [2.75, 3.05) is 6.54 Å². The zero-order valence-corrected chi connectivity index (χ0v) is 18.8. The van der Waals surface area contributed by atoms with Crippen LogP contribution in [0.25, 0.3) is 0 Å². The zero-order valence-electron chi connectivity index (χ0n) is 17.2. The number of amides is 4. The van der Waals surface area contributed by atoms with Crippen LogP contribution in [0.4, 0.5) is 4.79 Å². The van der Waals surface area contributed by atoms with E-state index in [1.165, 1.54) is 5.56 Å². The Bertz CT molecular complexity index is 757. The van der Waals surface area contributed by atoms with Gasteiger partial charge in [-0.25, -0.2) is 4.79 Å². The van der Waals surface area contributed by atoms with Crippen molar-refractivity contribution in [1.29, 1.82) is 0 Å². The zero-order chi connectivity index (χ0) is 21.0. The number of benzene rings is 1. The number of hydrogen-bond donors (Lipinski definition) is 2. The average molecular weight is 464 g/mol. The summed E-state index contributed by atoms with van der Waals surface area (Å²) in [7, 11) is 0. The summed E-state index contributed by atoms with van der Waals surface area (Å²) in [6.45, 7) is 3.88. The van der Waals surface area contributed by atoms with Crippen molar-refractivity contribution in [2.45, 2.75) is 70.4 Å². The number of halogens is 1. The van der Waals surface area contributed by atoms with Crippen molar-refractivity contribution in [3.63, 3.8) is 0 Å². The number of nitrogens with zero attached hydrogens (tertiary/aromatic N) is 1. The Hall–Kier alpha value is -1.89. The van der Waals surface area contributed by atoms with Crippen molar-refractivity contribution in [1.82, 2.24) is 15.5 Å². The van der Waals surface area contributed by atoms with Gasteiger partial charge in [0.05, 0.1) is 0 Å². The van der Waals surface area contributed by atoms with Gasteiger partial charge in [-0.05, 0) is 69.1 Å². The number of nitrogens with one attached hydrogen (secondary N) is 2. The molecule has 29 heavy (non-hydrogen) atoms. The lowest BCUT2D eigenvalue weighted by molar-refractivity contribution is -0.136. The second kappa shape index (κ2) is 9.28. The molecule has 1 aliphatic carbocycles. The first-order chi connectivity index (χ1) is 13.8. The van der Waals surface area contributed by atoms with Gasteiger partial charge < -0.3 is 10.6 Å². The fraction of sp³-hybridized carbons (Fsp3) is 0.591. The molecule has 1 saturated carbocycles. The minimum atomic E-state index is -0.795. The molecular weight excluding hydrogens is 434 g/mol. The third-order valence-corrected chi connectivity index (χ3v) is 6.80. The van der Waals surface area contributed by atoms with E-state index in [-0.39, 0.29) is 24.4 Å². The molecule has 0 radical (unpaired) electrons. The Balaban J connectivity index is 1.49. The SMILES string of the molecule is CCC1CCC2(CC1)NC(=O)N(CC(=O)NC(C)CCc1ccc(Br)cc1)C2=O. The Morgan fingerprint density at radius 1 is 1.28 bits per heavy atom. The van der Waals surface area contributed by atoms with Crippen LogP contribution in [0.1, 0.15) is 57.9 Å². The molecule has 7 heteroatoms. The highest BCUT2D eigenvalue weighted by Gasteiger charge is 2.52. The third kappa shape index (κ3) is 5.18. The van der Waals surface area contributed by atoms with Crippen molar-refractivity contribution < 1.29 is 14.4 Å². The summed E-state index contributed by atoms with van der Waals surface area (Å²) >= 11 is 3.42. The van der Waals surface area contributed by atoms with Crippen LogP contribution in [0, 0.1) is 5.92 Å². The first-order valence-corrected chi connectivity index (χ1v) is 11.3. The van der Waals surface area contributed by atoms with Gasteiger partial charge in [0.2, 0.25) is 5.91 Å². The molecule has 0 bridgehead atoms. The molecule has 158 valence electrons. The highest BCUT2D eigenvalue weighted by Crippen LogP contribution is 2.37. The molecule has 4 amide bonds.